The van der Waals surface area contributed by atoms with Gasteiger partial charge in [-0.25, -0.2) is 0 Å². The van der Waals surface area contributed by atoms with Gasteiger partial charge in [0.05, 0.1) is 13.7 Å². The molecule has 100 valence electrons. The molecule has 1 aromatic carbocycles. The van der Waals surface area contributed by atoms with Crippen LogP contribution in [0.3, 0.4) is 0 Å². The molecule has 0 aromatic heterocycles. The zero-order chi connectivity index (χ0) is 13.4. The van der Waals surface area contributed by atoms with Crippen molar-refractivity contribution in [3.8, 4) is 5.75 Å². The molecule has 0 fully saturated rings. The number of likely N-dealkylation sites (N-methyl/N-ethyl adjacent to an activating group) is 1. The SMILES string of the molecule is COc1ccc(NC(=O)CNCCN(C)C)cc1. The second-order valence-corrected chi connectivity index (χ2v) is 4.26. The first-order valence-corrected chi connectivity index (χ1v) is 5.91. The number of rotatable bonds is 7. The molecule has 0 heterocycles. The van der Waals surface area contributed by atoms with Gasteiger partial charge in [0.2, 0.25) is 5.91 Å². The van der Waals surface area contributed by atoms with E-state index in [1.54, 1.807) is 7.11 Å². The summed E-state index contributed by atoms with van der Waals surface area (Å²) in [4.78, 5) is 13.7. The van der Waals surface area contributed by atoms with Gasteiger partial charge in [-0.15, -0.1) is 0 Å². The molecule has 2 N–H and O–H groups in total. The second-order valence-electron chi connectivity index (χ2n) is 4.26. The van der Waals surface area contributed by atoms with Crippen LogP contribution in [0.2, 0.25) is 0 Å². The lowest BCUT2D eigenvalue weighted by atomic mass is 10.3. The number of anilines is 1. The van der Waals surface area contributed by atoms with Gasteiger partial charge < -0.3 is 20.3 Å². The maximum atomic E-state index is 11.6. The molecule has 1 aromatic rings. The molecule has 0 aliphatic rings. The van der Waals surface area contributed by atoms with Gasteiger partial charge in [0.15, 0.2) is 0 Å². The molecular weight excluding hydrogens is 230 g/mol. The maximum Gasteiger partial charge on any atom is 0.238 e. The van der Waals surface area contributed by atoms with Crippen molar-refractivity contribution in [3.63, 3.8) is 0 Å². The summed E-state index contributed by atoms with van der Waals surface area (Å²) >= 11 is 0. The Morgan fingerprint density at radius 1 is 1.28 bits per heavy atom. The van der Waals surface area contributed by atoms with Crippen LogP contribution in [-0.4, -0.2) is 51.6 Å². The van der Waals surface area contributed by atoms with E-state index in [-0.39, 0.29) is 5.91 Å². The van der Waals surface area contributed by atoms with Crippen LogP contribution in [0.1, 0.15) is 0 Å². The minimum atomic E-state index is -0.0427. The molecule has 1 rings (SSSR count). The summed E-state index contributed by atoms with van der Waals surface area (Å²) in [7, 11) is 5.61. The second kappa shape index (κ2) is 7.68. The normalized spacial score (nSPS) is 10.4. The van der Waals surface area contributed by atoms with E-state index in [1.165, 1.54) is 0 Å². The lowest BCUT2D eigenvalue weighted by Crippen LogP contribution is -2.33. The molecule has 5 nitrogen and oxygen atoms in total. The van der Waals surface area contributed by atoms with Crippen molar-refractivity contribution in [2.45, 2.75) is 0 Å². The number of methoxy groups -OCH3 is 1. The predicted molar refractivity (Wildman–Crippen MR) is 73.0 cm³/mol. The number of carbonyl (C=O) groups excluding carboxylic acids is 1. The number of nitrogens with zero attached hydrogens (tertiary/aromatic N) is 1. The van der Waals surface area contributed by atoms with Crippen molar-refractivity contribution in [1.29, 1.82) is 0 Å². The molecule has 5 heteroatoms. The van der Waals surface area contributed by atoms with E-state index >= 15 is 0 Å². The van der Waals surface area contributed by atoms with Gasteiger partial charge in [-0.3, -0.25) is 4.79 Å². The molecule has 0 aliphatic carbocycles. The van der Waals surface area contributed by atoms with E-state index in [4.69, 9.17) is 4.74 Å². The van der Waals surface area contributed by atoms with Crippen LogP contribution < -0.4 is 15.4 Å². The zero-order valence-electron chi connectivity index (χ0n) is 11.2. The van der Waals surface area contributed by atoms with Gasteiger partial charge in [-0.2, -0.15) is 0 Å². The predicted octanol–water partition coefficient (Wildman–Crippen LogP) is 0.785. The van der Waals surface area contributed by atoms with Crippen molar-refractivity contribution < 1.29 is 9.53 Å². The number of amides is 1. The fraction of sp³-hybridized carbons (Fsp3) is 0.462. The molecule has 18 heavy (non-hydrogen) atoms. The van der Waals surface area contributed by atoms with E-state index < -0.39 is 0 Å². The molecule has 0 spiro atoms. The van der Waals surface area contributed by atoms with E-state index in [9.17, 15) is 4.79 Å². The minimum Gasteiger partial charge on any atom is -0.497 e. The van der Waals surface area contributed by atoms with Gasteiger partial charge in [0, 0.05) is 18.8 Å². The summed E-state index contributed by atoms with van der Waals surface area (Å²) in [6, 6.07) is 7.26. The molecule has 0 radical (unpaired) electrons. The van der Waals surface area contributed by atoms with E-state index in [0.717, 1.165) is 24.5 Å². The molecule has 0 saturated heterocycles. The van der Waals surface area contributed by atoms with Gasteiger partial charge in [-0.1, -0.05) is 0 Å². The Bertz CT molecular complexity index is 363. The Morgan fingerprint density at radius 2 is 1.94 bits per heavy atom. The van der Waals surface area contributed by atoms with E-state index in [1.807, 2.05) is 38.4 Å². The fourth-order valence-corrected chi connectivity index (χ4v) is 1.38. The first-order valence-electron chi connectivity index (χ1n) is 5.91. The topological polar surface area (TPSA) is 53.6 Å². The fourth-order valence-electron chi connectivity index (χ4n) is 1.38. The highest BCUT2D eigenvalue weighted by atomic mass is 16.5. The Labute approximate surface area is 108 Å². The minimum absolute atomic E-state index is 0.0427. The number of ether oxygens (including phenoxy) is 1. The third-order valence-electron chi connectivity index (χ3n) is 2.40. The van der Waals surface area contributed by atoms with Gasteiger partial charge in [-0.05, 0) is 38.4 Å². The Hall–Kier alpha value is -1.59. The standard InChI is InChI=1S/C13H21N3O2/c1-16(2)9-8-14-10-13(17)15-11-4-6-12(18-3)7-5-11/h4-7,14H,8-10H2,1-3H3,(H,15,17). The van der Waals surface area contributed by atoms with Crippen LogP contribution in [0.15, 0.2) is 24.3 Å². The van der Waals surface area contributed by atoms with Crippen LogP contribution in [-0.2, 0) is 4.79 Å². The molecule has 0 bridgehead atoms. The number of hydrogen-bond acceptors (Lipinski definition) is 4. The largest absolute Gasteiger partial charge is 0.497 e. The van der Waals surface area contributed by atoms with Crippen molar-refractivity contribution in [2.75, 3.05) is 46.2 Å². The highest BCUT2D eigenvalue weighted by Gasteiger charge is 2.01. The van der Waals surface area contributed by atoms with Crippen molar-refractivity contribution in [2.24, 2.45) is 0 Å². The smallest absolute Gasteiger partial charge is 0.238 e. The number of hydrogen-bond donors (Lipinski definition) is 2. The number of benzene rings is 1. The maximum absolute atomic E-state index is 11.6. The number of carbonyl (C=O) groups is 1. The van der Waals surface area contributed by atoms with Gasteiger partial charge in [0.1, 0.15) is 5.75 Å². The van der Waals surface area contributed by atoms with Crippen molar-refractivity contribution in [1.82, 2.24) is 10.2 Å². The Morgan fingerprint density at radius 3 is 2.50 bits per heavy atom. The lowest BCUT2D eigenvalue weighted by Gasteiger charge is -2.10. The Kier molecular flexibility index (Phi) is 6.18. The number of nitrogens with one attached hydrogen (secondary N) is 2. The van der Waals surface area contributed by atoms with E-state index in [0.29, 0.717) is 6.54 Å². The average Bonchev–Trinajstić information content (AvgIpc) is 2.35. The first-order chi connectivity index (χ1) is 8.61. The summed E-state index contributed by atoms with van der Waals surface area (Å²) in [5, 5.41) is 5.89. The summed E-state index contributed by atoms with van der Waals surface area (Å²) in [6.07, 6.45) is 0. The zero-order valence-corrected chi connectivity index (χ0v) is 11.2. The van der Waals surface area contributed by atoms with Crippen LogP contribution in [0, 0.1) is 0 Å². The highest BCUT2D eigenvalue weighted by Crippen LogP contribution is 2.14. The van der Waals surface area contributed by atoms with Gasteiger partial charge >= 0.3 is 0 Å². The average molecular weight is 251 g/mol. The highest BCUT2D eigenvalue weighted by molar-refractivity contribution is 5.92. The van der Waals surface area contributed by atoms with Crippen LogP contribution in [0.25, 0.3) is 0 Å². The van der Waals surface area contributed by atoms with E-state index in [2.05, 4.69) is 15.5 Å². The van der Waals surface area contributed by atoms with Gasteiger partial charge in [0.25, 0.3) is 0 Å². The van der Waals surface area contributed by atoms with Crippen molar-refractivity contribution >= 4 is 11.6 Å². The van der Waals surface area contributed by atoms with Crippen LogP contribution in [0.5, 0.6) is 5.75 Å². The third-order valence-corrected chi connectivity index (χ3v) is 2.40. The first kappa shape index (κ1) is 14.5. The molecule has 1 amide bonds. The monoisotopic (exact) mass is 251 g/mol. The molecular formula is C13H21N3O2. The summed E-state index contributed by atoms with van der Waals surface area (Å²) in [6.45, 7) is 2.03. The molecule has 0 unspecified atom stereocenters. The summed E-state index contributed by atoms with van der Waals surface area (Å²) < 4.78 is 5.05. The van der Waals surface area contributed by atoms with Crippen LogP contribution >= 0.6 is 0 Å². The Balaban J connectivity index is 2.26. The summed E-state index contributed by atoms with van der Waals surface area (Å²) in [5.74, 6) is 0.732. The van der Waals surface area contributed by atoms with Crippen molar-refractivity contribution in [3.05, 3.63) is 24.3 Å². The lowest BCUT2D eigenvalue weighted by molar-refractivity contribution is -0.115. The third kappa shape index (κ3) is 5.65. The summed E-state index contributed by atoms with van der Waals surface area (Å²) in [5.41, 5.74) is 0.773. The molecule has 0 saturated carbocycles. The molecule has 0 aliphatic heterocycles. The van der Waals surface area contributed by atoms with Crippen LogP contribution in [0.4, 0.5) is 5.69 Å². The quantitative estimate of drug-likeness (QED) is 0.703. The molecule has 0 atom stereocenters.